The van der Waals surface area contributed by atoms with Gasteiger partial charge in [0.15, 0.2) is 9.84 Å². The molecule has 2 rings (SSSR count). The number of nitrogens with one attached hydrogen (secondary N) is 1. The Labute approximate surface area is 137 Å². The van der Waals surface area contributed by atoms with Crippen LogP contribution in [0, 0.1) is 0 Å². The molecule has 1 heterocycles. The van der Waals surface area contributed by atoms with Crippen LogP contribution in [0.5, 0.6) is 0 Å². The maximum atomic E-state index is 12.5. The molecule has 6 nitrogen and oxygen atoms in total. The largest absolute Gasteiger partial charge is 0.377 e. The fraction of sp³-hybridized carbons (Fsp3) is 0.562. The molecular formula is C16H24N2O4S. The molecule has 1 aliphatic heterocycles. The number of ether oxygens (including phenoxy) is 1. The lowest BCUT2D eigenvalue weighted by atomic mass is 10.2. The van der Waals surface area contributed by atoms with Gasteiger partial charge in [0.2, 0.25) is 0 Å². The van der Waals surface area contributed by atoms with Gasteiger partial charge in [0, 0.05) is 30.4 Å². The van der Waals surface area contributed by atoms with Gasteiger partial charge < -0.3 is 15.0 Å². The second-order valence-corrected chi connectivity index (χ2v) is 8.21. The van der Waals surface area contributed by atoms with Gasteiger partial charge >= 0.3 is 6.03 Å². The van der Waals surface area contributed by atoms with Gasteiger partial charge in [0.25, 0.3) is 0 Å². The van der Waals surface area contributed by atoms with Crippen LogP contribution in [0.15, 0.2) is 24.3 Å². The number of hydrogen-bond donors (Lipinski definition) is 1. The highest BCUT2D eigenvalue weighted by Gasteiger charge is 2.38. The number of para-hydroxylation sites is 1. The highest BCUT2D eigenvalue weighted by Crippen LogP contribution is 2.22. The summed E-state index contributed by atoms with van der Waals surface area (Å²) in [7, 11) is -3.11. The summed E-state index contributed by atoms with van der Waals surface area (Å²) in [6.07, 6.45) is 0. The second-order valence-electron chi connectivity index (χ2n) is 5.73. The SMILES string of the molecule is CCOCc1ccccc1NC(=O)N1CCS(=O)(=O)[C@@H](C)[C@H]1C. The number of amides is 2. The molecule has 1 aliphatic rings. The van der Waals surface area contributed by atoms with Crippen molar-refractivity contribution in [3.05, 3.63) is 29.8 Å². The van der Waals surface area contributed by atoms with Crippen LogP contribution < -0.4 is 5.32 Å². The third kappa shape index (κ3) is 4.03. The van der Waals surface area contributed by atoms with E-state index in [1.807, 2.05) is 31.2 Å². The van der Waals surface area contributed by atoms with E-state index in [9.17, 15) is 13.2 Å². The van der Waals surface area contributed by atoms with Crippen molar-refractivity contribution in [1.29, 1.82) is 0 Å². The van der Waals surface area contributed by atoms with Crippen molar-refractivity contribution in [3.8, 4) is 0 Å². The molecule has 0 bridgehead atoms. The van der Waals surface area contributed by atoms with Crippen LogP contribution in [0.25, 0.3) is 0 Å². The molecule has 0 aromatic heterocycles. The third-order valence-electron chi connectivity index (χ3n) is 4.34. The summed E-state index contributed by atoms with van der Waals surface area (Å²) in [5.41, 5.74) is 1.59. The van der Waals surface area contributed by atoms with E-state index >= 15 is 0 Å². The first-order valence-electron chi connectivity index (χ1n) is 7.81. The predicted molar refractivity (Wildman–Crippen MR) is 90.2 cm³/mol. The van der Waals surface area contributed by atoms with Crippen molar-refractivity contribution in [2.45, 2.75) is 38.7 Å². The minimum Gasteiger partial charge on any atom is -0.377 e. The summed E-state index contributed by atoms with van der Waals surface area (Å²) in [5.74, 6) is 0.00647. The number of anilines is 1. The Balaban J connectivity index is 2.11. The molecule has 1 saturated heterocycles. The maximum absolute atomic E-state index is 12.5. The zero-order valence-electron chi connectivity index (χ0n) is 13.8. The summed E-state index contributed by atoms with van der Waals surface area (Å²) >= 11 is 0. The van der Waals surface area contributed by atoms with Gasteiger partial charge in [0.05, 0.1) is 17.6 Å². The highest BCUT2D eigenvalue weighted by molar-refractivity contribution is 7.92. The fourth-order valence-corrected chi connectivity index (χ4v) is 4.19. The lowest BCUT2D eigenvalue weighted by Gasteiger charge is -2.37. The van der Waals surface area contributed by atoms with Gasteiger partial charge in [0.1, 0.15) is 0 Å². The number of nitrogens with zero attached hydrogens (tertiary/aromatic N) is 1. The Hall–Kier alpha value is -1.60. The first-order chi connectivity index (χ1) is 10.9. The van der Waals surface area contributed by atoms with Crippen molar-refractivity contribution in [2.75, 3.05) is 24.2 Å². The van der Waals surface area contributed by atoms with E-state index in [2.05, 4.69) is 5.32 Å². The molecule has 23 heavy (non-hydrogen) atoms. The summed E-state index contributed by atoms with van der Waals surface area (Å²) in [5, 5.41) is 2.32. The van der Waals surface area contributed by atoms with Gasteiger partial charge in [-0.25, -0.2) is 13.2 Å². The second kappa shape index (κ2) is 7.31. The van der Waals surface area contributed by atoms with Gasteiger partial charge in [-0.05, 0) is 26.8 Å². The number of sulfone groups is 1. The zero-order valence-corrected chi connectivity index (χ0v) is 14.6. The fourth-order valence-electron chi connectivity index (χ4n) is 2.62. The molecule has 2 amide bonds. The summed E-state index contributed by atoms with van der Waals surface area (Å²) < 4.78 is 29.2. The van der Waals surface area contributed by atoms with E-state index in [1.165, 1.54) is 0 Å². The molecule has 1 aromatic rings. The molecule has 0 aliphatic carbocycles. The Morgan fingerprint density at radius 2 is 2.04 bits per heavy atom. The summed E-state index contributed by atoms with van der Waals surface area (Å²) in [6, 6.07) is 6.83. The molecule has 0 radical (unpaired) electrons. The zero-order chi connectivity index (χ0) is 17.0. The van der Waals surface area contributed by atoms with Crippen molar-refractivity contribution in [3.63, 3.8) is 0 Å². The van der Waals surface area contributed by atoms with Crippen molar-refractivity contribution in [2.24, 2.45) is 0 Å². The third-order valence-corrected chi connectivity index (χ3v) is 6.61. The Morgan fingerprint density at radius 1 is 1.35 bits per heavy atom. The Bertz CT molecular complexity index is 660. The summed E-state index contributed by atoms with van der Waals surface area (Å²) in [6.45, 7) is 6.58. The normalized spacial score (nSPS) is 23.5. The van der Waals surface area contributed by atoms with Crippen molar-refractivity contribution >= 4 is 21.6 Å². The number of urea groups is 1. The van der Waals surface area contributed by atoms with Crippen LogP contribution in [-0.2, 0) is 21.2 Å². The van der Waals surface area contributed by atoms with E-state index in [0.29, 0.717) is 18.9 Å². The van der Waals surface area contributed by atoms with Gasteiger partial charge in [-0.1, -0.05) is 18.2 Å². The van der Waals surface area contributed by atoms with Crippen LogP contribution in [0.4, 0.5) is 10.5 Å². The number of benzene rings is 1. The number of carbonyl (C=O) groups is 1. The number of carbonyl (C=O) groups excluding carboxylic acids is 1. The molecule has 0 unspecified atom stereocenters. The van der Waals surface area contributed by atoms with E-state index in [4.69, 9.17) is 4.74 Å². The molecule has 1 fully saturated rings. The molecule has 0 saturated carbocycles. The monoisotopic (exact) mass is 340 g/mol. The smallest absolute Gasteiger partial charge is 0.322 e. The quantitative estimate of drug-likeness (QED) is 0.912. The molecule has 128 valence electrons. The summed E-state index contributed by atoms with van der Waals surface area (Å²) in [4.78, 5) is 14.1. The first-order valence-corrected chi connectivity index (χ1v) is 9.53. The lowest BCUT2D eigenvalue weighted by molar-refractivity contribution is 0.134. The molecule has 1 aromatic carbocycles. The number of rotatable bonds is 4. The highest BCUT2D eigenvalue weighted by atomic mass is 32.2. The first kappa shape index (κ1) is 17.7. The molecule has 7 heteroatoms. The minimum absolute atomic E-state index is 0.00647. The predicted octanol–water partition coefficient (Wildman–Crippen LogP) is 2.26. The van der Waals surface area contributed by atoms with Crippen LogP contribution in [-0.4, -0.2) is 49.5 Å². The Kier molecular flexibility index (Phi) is 5.64. The van der Waals surface area contributed by atoms with E-state index in [0.717, 1.165) is 5.56 Å². The van der Waals surface area contributed by atoms with Crippen molar-refractivity contribution < 1.29 is 17.9 Å². The minimum atomic E-state index is -3.11. The van der Waals surface area contributed by atoms with Crippen LogP contribution >= 0.6 is 0 Å². The molecule has 2 atom stereocenters. The topological polar surface area (TPSA) is 75.7 Å². The van der Waals surface area contributed by atoms with Crippen molar-refractivity contribution in [1.82, 2.24) is 4.90 Å². The maximum Gasteiger partial charge on any atom is 0.322 e. The van der Waals surface area contributed by atoms with E-state index in [-0.39, 0.29) is 24.4 Å². The van der Waals surface area contributed by atoms with Gasteiger partial charge in [-0.3, -0.25) is 0 Å². The van der Waals surface area contributed by atoms with Gasteiger partial charge in [-0.2, -0.15) is 0 Å². The molecule has 0 spiro atoms. The van der Waals surface area contributed by atoms with E-state index < -0.39 is 15.1 Å². The Morgan fingerprint density at radius 3 is 2.74 bits per heavy atom. The molecule has 1 N–H and O–H groups in total. The average molecular weight is 340 g/mol. The molecular weight excluding hydrogens is 316 g/mol. The lowest BCUT2D eigenvalue weighted by Crippen LogP contribution is -2.55. The van der Waals surface area contributed by atoms with E-state index in [1.54, 1.807) is 18.7 Å². The van der Waals surface area contributed by atoms with Crippen LogP contribution in [0.3, 0.4) is 0 Å². The van der Waals surface area contributed by atoms with Gasteiger partial charge in [-0.15, -0.1) is 0 Å². The number of hydrogen-bond acceptors (Lipinski definition) is 4. The van der Waals surface area contributed by atoms with Crippen LogP contribution in [0.2, 0.25) is 0 Å². The average Bonchev–Trinajstić information content (AvgIpc) is 2.52. The van der Waals surface area contributed by atoms with Crippen LogP contribution in [0.1, 0.15) is 26.3 Å². The standard InChI is InChI=1S/C16H24N2O4S/c1-4-22-11-14-7-5-6-8-15(14)17-16(19)18-9-10-23(20,21)13(3)12(18)2/h5-8,12-13H,4,9-11H2,1-3H3,(H,17,19)/t12-,13+/m1/s1.